The topological polar surface area (TPSA) is 185 Å². The molecule has 0 saturated carbocycles. The van der Waals surface area contributed by atoms with Crippen LogP contribution in [0.4, 0.5) is 11.4 Å². The van der Waals surface area contributed by atoms with Crippen molar-refractivity contribution in [3.8, 4) is 0 Å². The number of allylic oxidation sites excluding steroid dienone is 2. The largest absolute Gasteiger partial charge is 0.370 e. The highest BCUT2D eigenvalue weighted by atomic mass is 35.5. The maximum Gasteiger partial charge on any atom is 0.280 e. The second-order valence-corrected chi connectivity index (χ2v) is 8.05. The third-order valence-corrected chi connectivity index (χ3v) is 5.08. The summed E-state index contributed by atoms with van der Waals surface area (Å²) in [5.74, 6) is -1.08. The van der Waals surface area contributed by atoms with Gasteiger partial charge in [0.25, 0.3) is 22.5 Å². The van der Waals surface area contributed by atoms with Crippen LogP contribution in [0.5, 0.6) is 0 Å². The van der Waals surface area contributed by atoms with Crippen molar-refractivity contribution in [2.45, 2.75) is 40.5 Å². The quantitative estimate of drug-likeness (QED) is 0.148. The minimum atomic E-state index is -0.698. The molecule has 0 atom stereocenters. The van der Waals surface area contributed by atoms with E-state index in [1.807, 2.05) is 19.9 Å². The predicted octanol–water partition coefficient (Wildman–Crippen LogP) is 5.45. The number of nitrogens with two attached hydrogens (primary N) is 2. The fourth-order valence-electron chi connectivity index (χ4n) is 3.13. The first-order valence-corrected chi connectivity index (χ1v) is 11.5. The zero-order valence-electron chi connectivity index (χ0n) is 20.9. The molecule has 0 aliphatic rings. The van der Waals surface area contributed by atoms with Crippen LogP contribution in [0.2, 0.25) is 0 Å². The fourth-order valence-corrected chi connectivity index (χ4v) is 3.33. The number of nitro benzene ring substituents is 2. The lowest BCUT2D eigenvalue weighted by Gasteiger charge is -2.05. The smallest absolute Gasteiger partial charge is 0.280 e. The molecule has 0 fully saturated rings. The molecule has 0 aliphatic carbocycles. The van der Waals surface area contributed by atoms with E-state index >= 15 is 0 Å². The van der Waals surface area contributed by atoms with Crippen molar-refractivity contribution in [1.29, 1.82) is 0 Å². The normalized spacial score (nSPS) is 10.6. The number of amides is 1. The number of carbonyl (C=O) groups excluding carboxylic acids is 2. The SMILES string of the molecule is CCC=Cc1cc(C)c(C(=O)Cl)cc1[N+](=O)[O-].CCC=Cc1cc(C)c(C(=O)N=C(N)N)cc1[N+](=O)[O-]. The Morgan fingerprint density at radius 3 is 1.62 bits per heavy atom. The summed E-state index contributed by atoms with van der Waals surface area (Å²) in [5.41, 5.74) is 12.4. The minimum absolute atomic E-state index is 0.107. The van der Waals surface area contributed by atoms with E-state index in [1.54, 1.807) is 44.2 Å². The monoisotopic (exact) mass is 529 g/mol. The molecule has 0 spiro atoms. The molecule has 2 rings (SSSR count). The zero-order chi connectivity index (χ0) is 28.3. The van der Waals surface area contributed by atoms with Gasteiger partial charge in [-0.25, -0.2) is 0 Å². The molecular formula is C25H28ClN5O6. The van der Waals surface area contributed by atoms with Gasteiger partial charge in [-0.2, -0.15) is 4.99 Å². The number of guanidine groups is 1. The lowest BCUT2D eigenvalue weighted by molar-refractivity contribution is -0.385. The van der Waals surface area contributed by atoms with Crippen LogP contribution in [-0.4, -0.2) is 27.0 Å². The first kappa shape index (κ1) is 30.7. The van der Waals surface area contributed by atoms with E-state index in [0.717, 1.165) is 12.8 Å². The molecule has 0 aliphatic heterocycles. The Morgan fingerprint density at radius 2 is 1.27 bits per heavy atom. The standard InChI is InChI=1S/C13H16N4O3.C12H12ClNO3/c1-3-4-5-9-6-8(2)10(7-11(9)17(19)20)12(18)16-13(14)15;1-3-4-5-9-6-8(2)10(12(13)15)7-11(9)14(16)17/h4-7H,3H2,1-2H3,(H4,14,15,16,18);4-7H,3H2,1-2H3. The Morgan fingerprint density at radius 1 is 0.865 bits per heavy atom. The molecule has 0 bridgehead atoms. The summed E-state index contributed by atoms with van der Waals surface area (Å²) < 4.78 is 0. The van der Waals surface area contributed by atoms with E-state index in [2.05, 4.69) is 4.99 Å². The van der Waals surface area contributed by atoms with Crippen molar-refractivity contribution in [2.24, 2.45) is 16.5 Å². The number of aryl methyl sites for hydroxylation is 2. The van der Waals surface area contributed by atoms with Gasteiger partial charge in [-0.1, -0.05) is 38.2 Å². The van der Waals surface area contributed by atoms with Crippen molar-refractivity contribution < 1.29 is 19.4 Å². The lowest BCUT2D eigenvalue weighted by atomic mass is 10.0. The number of hydrogen-bond donors (Lipinski definition) is 2. The Labute approximate surface area is 218 Å². The molecule has 4 N–H and O–H groups in total. The van der Waals surface area contributed by atoms with Gasteiger partial charge in [-0.3, -0.25) is 29.8 Å². The number of nitrogens with zero attached hydrogens (tertiary/aromatic N) is 3. The summed E-state index contributed by atoms with van der Waals surface area (Å²) in [6.45, 7) is 7.22. The van der Waals surface area contributed by atoms with Crippen LogP contribution in [0.15, 0.2) is 41.4 Å². The summed E-state index contributed by atoms with van der Waals surface area (Å²) in [4.78, 5) is 47.2. The van der Waals surface area contributed by atoms with Gasteiger partial charge in [-0.05, 0) is 61.5 Å². The molecule has 0 saturated heterocycles. The zero-order valence-corrected chi connectivity index (χ0v) is 21.6. The number of halogens is 1. The molecule has 0 aromatic heterocycles. The minimum Gasteiger partial charge on any atom is -0.370 e. The Hall–Kier alpha value is -4.38. The molecule has 2 aromatic carbocycles. The van der Waals surface area contributed by atoms with Crippen molar-refractivity contribution in [3.63, 3.8) is 0 Å². The van der Waals surface area contributed by atoms with Gasteiger partial charge < -0.3 is 11.5 Å². The van der Waals surface area contributed by atoms with E-state index in [1.165, 1.54) is 12.1 Å². The summed E-state index contributed by atoms with van der Waals surface area (Å²) in [6.07, 6.45) is 8.49. The fraction of sp³-hybridized carbons (Fsp3) is 0.240. The van der Waals surface area contributed by atoms with Crippen LogP contribution in [0, 0.1) is 34.1 Å². The van der Waals surface area contributed by atoms with Gasteiger partial charge in [0.1, 0.15) is 0 Å². The predicted molar refractivity (Wildman–Crippen MR) is 145 cm³/mol. The van der Waals surface area contributed by atoms with Crippen molar-refractivity contribution in [3.05, 3.63) is 90.0 Å². The number of hydrogen-bond acceptors (Lipinski definition) is 6. The molecule has 196 valence electrons. The summed E-state index contributed by atoms with van der Waals surface area (Å²) in [7, 11) is 0. The Balaban J connectivity index is 0.000000375. The van der Waals surface area contributed by atoms with Gasteiger partial charge in [0, 0.05) is 17.7 Å². The van der Waals surface area contributed by atoms with E-state index < -0.39 is 21.0 Å². The molecule has 11 nitrogen and oxygen atoms in total. The van der Waals surface area contributed by atoms with Gasteiger partial charge >= 0.3 is 0 Å². The van der Waals surface area contributed by atoms with E-state index in [-0.39, 0.29) is 28.5 Å². The van der Waals surface area contributed by atoms with Crippen molar-refractivity contribution in [2.75, 3.05) is 0 Å². The number of aliphatic imine (C=N–C) groups is 1. The average Bonchev–Trinajstić information content (AvgIpc) is 2.80. The van der Waals surface area contributed by atoms with Gasteiger partial charge in [0.05, 0.1) is 26.5 Å². The van der Waals surface area contributed by atoms with Crippen LogP contribution >= 0.6 is 11.6 Å². The molecule has 1 amide bonds. The average molecular weight is 530 g/mol. The van der Waals surface area contributed by atoms with E-state index in [9.17, 15) is 29.8 Å². The second kappa shape index (κ2) is 14.2. The highest BCUT2D eigenvalue weighted by Crippen LogP contribution is 2.27. The molecule has 12 heteroatoms. The molecule has 0 radical (unpaired) electrons. The highest BCUT2D eigenvalue weighted by Gasteiger charge is 2.19. The molecule has 37 heavy (non-hydrogen) atoms. The summed E-state index contributed by atoms with van der Waals surface area (Å²) >= 11 is 5.36. The third-order valence-electron chi connectivity index (χ3n) is 4.88. The van der Waals surface area contributed by atoms with Gasteiger partial charge in [-0.15, -0.1) is 0 Å². The highest BCUT2D eigenvalue weighted by molar-refractivity contribution is 6.68. The van der Waals surface area contributed by atoms with Crippen molar-refractivity contribution in [1.82, 2.24) is 0 Å². The second-order valence-electron chi connectivity index (χ2n) is 7.70. The number of carbonyl (C=O) groups is 2. The molecule has 2 aromatic rings. The molecule has 0 unspecified atom stereocenters. The Kier molecular flexibility index (Phi) is 11.8. The number of nitro groups is 2. The summed E-state index contributed by atoms with van der Waals surface area (Å²) in [5, 5.41) is 21.3. The molecule has 0 heterocycles. The van der Waals surface area contributed by atoms with Crippen LogP contribution in [0.1, 0.15) is 69.7 Å². The van der Waals surface area contributed by atoms with E-state index in [0.29, 0.717) is 22.3 Å². The lowest BCUT2D eigenvalue weighted by Crippen LogP contribution is -2.24. The Bertz CT molecular complexity index is 1300. The number of rotatable bonds is 8. The van der Waals surface area contributed by atoms with Gasteiger partial charge in [0.15, 0.2) is 5.96 Å². The van der Waals surface area contributed by atoms with E-state index in [4.69, 9.17) is 23.1 Å². The van der Waals surface area contributed by atoms with Crippen LogP contribution in [-0.2, 0) is 0 Å². The van der Waals surface area contributed by atoms with Gasteiger partial charge in [0.2, 0.25) is 0 Å². The maximum absolute atomic E-state index is 11.8. The van der Waals surface area contributed by atoms with Crippen LogP contribution in [0.3, 0.4) is 0 Å². The van der Waals surface area contributed by atoms with Crippen molar-refractivity contribution >= 4 is 52.2 Å². The first-order chi connectivity index (χ1) is 17.3. The van der Waals surface area contributed by atoms with Crippen LogP contribution in [0.25, 0.3) is 12.2 Å². The van der Waals surface area contributed by atoms with Crippen LogP contribution < -0.4 is 11.5 Å². The first-order valence-electron chi connectivity index (χ1n) is 11.1. The number of benzene rings is 2. The summed E-state index contributed by atoms with van der Waals surface area (Å²) in [6, 6.07) is 5.58. The molecular weight excluding hydrogens is 502 g/mol. The maximum atomic E-state index is 11.8. The third kappa shape index (κ3) is 8.97.